The molecule has 1 aromatic heterocycles. The van der Waals surface area contributed by atoms with Crippen molar-refractivity contribution in [2.75, 3.05) is 11.9 Å². The highest BCUT2D eigenvalue weighted by Gasteiger charge is 2.54. The third-order valence-electron chi connectivity index (χ3n) is 9.36. The molecule has 0 bridgehead atoms. The Morgan fingerprint density at radius 2 is 1.68 bits per heavy atom. The number of ether oxygens (including phenoxy) is 1. The van der Waals surface area contributed by atoms with Crippen LogP contribution in [-0.4, -0.2) is 28.2 Å². The average molecular weight is 567 g/mol. The lowest BCUT2D eigenvalue weighted by atomic mass is 9.59. The molecule has 0 amide bonds. The largest absolute Gasteiger partial charge is 0.493 e. The number of carboxylic acids is 1. The second-order valence-corrected chi connectivity index (χ2v) is 12.0. The molecule has 0 saturated heterocycles. The number of aromatic nitrogens is 1. The number of carboxylic acid groups (broad SMARTS) is 1. The van der Waals surface area contributed by atoms with Gasteiger partial charge >= 0.3 is 5.97 Å². The second kappa shape index (κ2) is 11.6. The molecule has 6 rings (SSSR count). The van der Waals surface area contributed by atoms with Gasteiger partial charge in [-0.3, -0.25) is 4.98 Å². The molecule has 6 heteroatoms. The van der Waals surface area contributed by atoms with Crippen LogP contribution in [0.2, 0.25) is 5.02 Å². The molecule has 1 fully saturated rings. The summed E-state index contributed by atoms with van der Waals surface area (Å²) in [5.41, 5.74) is 3.71. The fourth-order valence-electron chi connectivity index (χ4n) is 7.21. The Morgan fingerprint density at radius 3 is 2.41 bits per heavy atom. The van der Waals surface area contributed by atoms with Crippen LogP contribution in [0.15, 0.2) is 103 Å². The minimum atomic E-state index is -1.03. The molecule has 1 heterocycles. The Labute approximate surface area is 246 Å². The number of pyridine rings is 1. The van der Waals surface area contributed by atoms with E-state index in [1.54, 1.807) is 24.5 Å². The van der Waals surface area contributed by atoms with Crippen molar-refractivity contribution in [2.24, 2.45) is 5.92 Å². The quantitative estimate of drug-likeness (QED) is 0.215. The SMILES string of the molecule is O=C(O)C1(Nc2cccc(Cl)c2)CCC2(CC1)c1ccccc1C[C@@H]2C[C@@H](COc1ccncc1)c1ccccc1. The number of hydrogen-bond acceptors (Lipinski definition) is 4. The molecular weight excluding hydrogens is 532 g/mol. The molecule has 1 spiro atoms. The smallest absolute Gasteiger partial charge is 0.329 e. The van der Waals surface area contributed by atoms with Crippen molar-refractivity contribution in [1.29, 1.82) is 0 Å². The van der Waals surface area contributed by atoms with Crippen molar-refractivity contribution in [3.8, 4) is 5.75 Å². The Morgan fingerprint density at radius 1 is 0.951 bits per heavy atom. The van der Waals surface area contributed by atoms with E-state index in [9.17, 15) is 9.90 Å². The molecule has 0 aliphatic heterocycles. The summed E-state index contributed by atoms with van der Waals surface area (Å²) in [6, 6.07) is 30.6. The molecule has 2 aliphatic rings. The summed E-state index contributed by atoms with van der Waals surface area (Å²) < 4.78 is 6.29. The Hall–Kier alpha value is -3.83. The predicted octanol–water partition coefficient (Wildman–Crippen LogP) is 7.91. The Balaban J connectivity index is 1.28. The highest BCUT2D eigenvalue weighted by Crippen LogP contribution is 2.56. The summed E-state index contributed by atoms with van der Waals surface area (Å²) in [5.74, 6) is 0.602. The highest BCUT2D eigenvalue weighted by atomic mass is 35.5. The topological polar surface area (TPSA) is 71.5 Å². The number of carbonyl (C=O) groups is 1. The van der Waals surface area contributed by atoms with Crippen molar-refractivity contribution >= 4 is 23.3 Å². The number of anilines is 1. The van der Waals surface area contributed by atoms with Crippen LogP contribution in [-0.2, 0) is 16.6 Å². The van der Waals surface area contributed by atoms with Crippen LogP contribution in [0.25, 0.3) is 0 Å². The minimum absolute atomic E-state index is 0.0742. The normalized spacial score (nSPS) is 24.0. The first-order valence-electron chi connectivity index (χ1n) is 14.4. The Bertz CT molecular complexity index is 1490. The molecule has 3 aromatic carbocycles. The van der Waals surface area contributed by atoms with Gasteiger partial charge in [0.2, 0.25) is 0 Å². The number of aliphatic carboxylic acids is 1. The van der Waals surface area contributed by atoms with E-state index in [4.69, 9.17) is 16.3 Å². The molecule has 1 saturated carbocycles. The van der Waals surface area contributed by atoms with Gasteiger partial charge in [-0.1, -0.05) is 72.3 Å². The summed E-state index contributed by atoms with van der Waals surface area (Å²) in [6.07, 6.45) is 8.17. The maximum Gasteiger partial charge on any atom is 0.329 e. The minimum Gasteiger partial charge on any atom is -0.493 e. The van der Waals surface area contributed by atoms with Crippen molar-refractivity contribution in [1.82, 2.24) is 4.98 Å². The summed E-state index contributed by atoms with van der Waals surface area (Å²) in [5, 5.41) is 14.4. The third-order valence-corrected chi connectivity index (χ3v) is 9.59. The van der Waals surface area contributed by atoms with Gasteiger partial charge in [-0.25, -0.2) is 4.79 Å². The maximum absolute atomic E-state index is 12.8. The van der Waals surface area contributed by atoms with Crippen LogP contribution in [0.1, 0.15) is 54.7 Å². The summed E-state index contributed by atoms with van der Waals surface area (Å²) in [6.45, 7) is 0.576. The van der Waals surface area contributed by atoms with Gasteiger partial charge in [-0.05, 0) is 96.9 Å². The first kappa shape index (κ1) is 27.3. The monoisotopic (exact) mass is 566 g/mol. The summed E-state index contributed by atoms with van der Waals surface area (Å²) >= 11 is 6.22. The zero-order chi connectivity index (χ0) is 28.3. The molecular formula is C35H35ClN2O3. The highest BCUT2D eigenvalue weighted by molar-refractivity contribution is 6.30. The molecule has 5 nitrogen and oxygen atoms in total. The van der Waals surface area contributed by atoms with E-state index in [2.05, 4.69) is 64.9 Å². The number of nitrogens with zero attached hydrogens (tertiary/aromatic N) is 1. The van der Waals surface area contributed by atoms with Crippen LogP contribution >= 0.6 is 11.6 Å². The lowest BCUT2D eigenvalue weighted by Gasteiger charge is -2.47. The van der Waals surface area contributed by atoms with E-state index < -0.39 is 11.5 Å². The van der Waals surface area contributed by atoms with Crippen LogP contribution in [0.4, 0.5) is 5.69 Å². The number of benzene rings is 3. The molecule has 0 unspecified atom stereocenters. The number of hydrogen-bond donors (Lipinski definition) is 2. The molecule has 4 aromatic rings. The van der Waals surface area contributed by atoms with Crippen molar-refractivity contribution in [3.05, 3.63) is 125 Å². The zero-order valence-electron chi connectivity index (χ0n) is 23.0. The number of halogens is 1. The zero-order valence-corrected chi connectivity index (χ0v) is 23.8. The molecule has 2 aliphatic carbocycles. The van der Waals surface area contributed by atoms with Gasteiger partial charge in [0.1, 0.15) is 11.3 Å². The summed E-state index contributed by atoms with van der Waals surface area (Å²) in [7, 11) is 0. The standard InChI is InChI=1S/C35H35ClN2O3/c36-29-10-6-11-30(23-29)38-35(33(39)40)17-15-34(16-18-35)28(21-26-9-4-5-12-32(26)34)22-27(25-7-2-1-3-8-25)24-41-31-13-19-37-20-14-31/h1-14,19-20,23,27-28,38H,15-18,21-22,24H2,(H,39,40)/t27-,28+,34?,35?/m0/s1. The number of rotatable bonds is 9. The third kappa shape index (κ3) is 5.56. The average Bonchev–Trinajstić information content (AvgIpc) is 3.30. The van der Waals surface area contributed by atoms with Gasteiger partial charge in [0, 0.05) is 29.0 Å². The maximum atomic E-state index is 12.8. The molecule has 41 heavy (non-hydrogen) atoms. The number of nitrogens with one attached hydrogen (secondary N) is 1. The van der Waals surface area contributed by atoms with Crippen LogP contribution in [0.3, 0.4) is 0 Å². The Kier molecular flexibility index (Phi) is 7.72. The van der Waals surface area contributed by atoms with E-state index in [-0.39, 0.29) is 11.3 Å². The second-order valence-electron chi connectivity index (χ2n) is 11.6. The van der Waals surface area contributed by atoms with E-state index in [1.165, 1.54) is 16.7 Å². The van der Waals surface area contributed by atoms with Gasteiger partial charge in [0.15, 0.2) is 0 Å². The molecule has 0 radical (unpaired) electrons. The lowest BCUT2D eigenvalue weighted by Crippen LogP contribution is -2.53. The molecule has 2 atom stereocenters. The van der Waals surface area contributed by atoms with Crippen molar-refractivity contribution in [2.45, 2.75) is 55.4 Å². The van der Waals surface area contributed by atoms with Crippen molar-refractivity contribution < 1.29 is 14.6 Å². The molecule has 2 N–H and O–H groups in total. The van der Waals surface area contributed by atoms with E-state index in [1.807, 2.05) is 24.3 Å². The van der Waals surface area contributed by atoms with E-state index in [0.717, 1.165) is 37.1 Å². The first-order valence-corrected chi connectivity index (χ1v) is 14.8. The fourth-order valence-corrected chi connectivity index (χ4v) is 7.40. The fraction of sp³-hybridized carbons (Fsp3) is 0.314. The lowest BCUT2D eigenvalue weighted by molar-refractivity contribution is -0.144. The van der Waals surface area contributed by atoms with Gasteiger partial charge in [0.05, 0.1) is 6.61 Å². The predicted molar refractivity (Wildman–Crippen MR) is 163 cm³/mol. The first-order chi connectivity index (χ1) is 20.0. The number of fused-ring (bicyclic) bond motifs is 2. The van der Waals surface area contributed by atoms with Gasteiger partial charge in [-0.2, -0.15) is 0 Å². The van der Waals surface area contributed by atoms with E-state index in [0.29, 0.717) is 30.4 Å². The van der Waals surface area contributed by atoms with Crippen LogP contribution in [0.5, 0.6) is 5.75 Å². The molecule has 210 valence electrons. The van der Waals surface area contributed by atoms with E-state index >= 15 is 0 Å². The van der Waals surface area contributed by atoms with Crippen LogP contribution in [0, 0.1) is 5.92 Å². The van der Waals surface area contributed by atoms with Gasteiger partial charge in [0.25, 0.3) is 0 Å². The summed E-state index contributed by atoms with van der Waals surface area (Å²) in [4.78, 5) is 16.9. The van der Waals surface area contributed by atoms with Crippen molar-refractivity contribution in [3.63, 3.8) is 0 Å². The van der Waals surface area contributed by atoms with Crippen LogP contribution < -0.4 is 10.1 Å². The van der Waals surface area contributed by atoms with Gasteiger partial charge < -0.3 is 15.2 Å². The van der Waals surface area contributed by atoms with Gasteiger partial charge in [-0.15, -0.1) is 0 Å².